The van der Waals surface area contributed by atoms with Crippen LogP contribution in [-0.2, 0) is 6.42 Å². The molecule has 2 fully saturated rings. The number of azo groups is 1. The second-order valence-corrected chi connectivity index (χ2v) is 11.0. The van der Waals surface area contributed by atoms with E-state index >= 15 is 0 Å². The fourth-order valence-corrected chi connectivity index (χ4v) is 5.75. The summed E-state index contributed by atoms with van der Waals surface area (Å²) in [5.74, 6) is 1.96. The van der Waals surface area contributed by atoms with Crippen molar-refractivity contribution in [1.82, 2.24) is 19.5 Å². The molecule has 2 aliphatic heterocycles. The molecule has 2 saturated heterocycles. The van der Waals surface area contributed by atoms with Crippen molar-refractivity contribution in [2.75, 3.05) is 50.1 Å². The van der Waals surface area contributed by atoms with Crippen molar-refractivity contribution in [3.63, 3.8) is 0 Å². The number of benzene rings is 1. The van der Waals surface area contributed by atoms with Gasteiger partial charge in [0.2, 0.25) is 0 Å². The third-order valence-corrected chi connectivity index (χ3v) is 8.27. The molecule has 2 aromatic heterocycles. The SMILES string of the molecule is C/C=C(/CCN(C)c1cc(N2CCC2)nc2cc(C3CCCCN3C(=O)c3cc(Cl)ccc3CC)nn12)N=NC. The normalized spacial score (nSPS) is 18.0. The van der Waals surface area contributed by atoms with Gasteiger partial charge < -0.3 is 14.7 Å². The van der Waals surface area contributed by atoms with Crippen molar-refractivity contribution in [3.8, 4) is 0 Å². The van der Waals surface area contributed by atoms with Crippen LogP contribution in [0.3, 0.4) is 0 Å². The molecule has 1 aromatic carbocycles. The molecule has 2 aliphatic rings. The topological polar surface area (TPSA) is 81.7 Å². The van der Waals surface area contributed by atoms with Gasteiger partial charge in [0.1, 0.15) is 11.6 Å². The van der Waals surface area contributed by atoms with Crippen LogP contribution in [0.15, 0.2) is 52.3 Å². The highest BCUT2D eigenvalue weighted by Gasteiger charge is 2.32. The van der Waals surface area contributed by atoms with Gasteiger partial charge in [-0.1, -0.05) is 30.7 Å². The van der Waals surface area contributed by atoms with E-state index in [9.17, 15) is 4.79 Å². The Kier molecular flexibility index (Phi) is 8.69. The molecule has 9 nitrogen and oxygen atoms in total. The van der Waals surface area contributed by atoms with E-state index in [0.717, 1.165) is 86.0 Å². The van der Waals surface area contributed by atoms with E-state index < -0.39 is 0 Å². The van der Waals surface area contributed by atoms with Crippen LogP contribution in [0.1, 0.15) is 73.6 Å². The lowest BCUT2D eigenvalue weighted by atomic mass is 9.96. The summed E-state index contributed by atoms with van der Waals surface area (Å²) < 4.78 is 1.93. The van der Waals surface area contributed by atoms with E-state index in [4.69, 9.17) is 21.7 Å². The van der Waals surface area contributed by atoms with Crippen LogP contribution >= 0.6 is 11.6 Å². The number of nitrogens with zero attached hydrogens (tertiary/aromatic N) is 8. The number of allylic oxidation sites excluding steroid dienone is 1. The second kappa shape index (κ2) is 12.4. The zero-order chi connectivity index (χ0) is 28.2. The third kappa shape index (κ3) is 5.70. The summed E-state index contributed by atoms with van der Waals surface area (Å²) in [7, 11) is 3.77. The quantitative estimate of drug-likeness (QED) is 0.284. The van der Waals surface area contributed by atoms with Crippen LogP contribution in [0, 0.1) is 0 Å². The second-order valence-electron chi connectivity index (χ2n) is 10.6. The molecule has 4 heterocycles. The first-order chi connectivity index (χ1) is 19.4. The molecular weight excluding hydrogens is 524 g/mol. The molecule has 212 valence electrons. The number of halogens is 1. The standard InChI is InChI=1S/C30H39ClN8O/c1-5-21-11-12-22(31)18-24(21)30(40)38-16-8-7-10-26(38)25-19-28-33-27(37-14-9-15-37)20-29(39(28)35-25)36(4)17-13-23(6-2)34-32-3/h6,11-12,18-20,26H,5,7-10,13-17H2,1-4H3/b23-6-,34-32?. The Morgan fingerprint density at radius 2 is 2.00 bits per heavy atom. The van der Waals surface area contributed by atoms with E-state index in [1.165, 1.54) is 6.42 Å². The first kappa shape index (κ1) is 28.1. The Morgan fingerprint density at radius 3 is 2.70 bits per heavy atom. The molecule has 3 aromatic rings. The molecule has 0 N–H and O–H groups in total. The zero-order valence-corrected chi connectivity index (χ0v) is 24.7. The lowest BCUT2D eigenvalue weighted by Crippen LogP contribution is -2.39. The van der Waals surface area contributed by atoms with Crippen molar-refractivity contribution < 1.29 is 4.79 Å². The summed E-state index contributed by atoms with van der Waals surface area (Å²) in [6, 6.07) is 9.71. The molecule has 40 heavy (non-hydrogen) atoms. The number of anilines is 2. The molecule has 0 radical (unpaired) electrons. The number of piperidine rings is 1. The maximum atomic E-state index is 13.9. The Labute approximate surface area is 241 Å². The fourth-order valence-electron chi connectivity index (χ4n) is 5.58. The molecule has 1 unspecified atom stereocenters. The lowest BCUT2D eigenvalue weighted by molar-refractivity contribution is 0.0604. The largest absolute Gasteiger partial charge is 0.359 e. The molecule has 0 saturated carbocycles. The highest BCUT2D eigenvalue weighted by atomic mass is 35.5. The zero-order valence-electron chi connectivity index (χ0n) is 24.0. The number of aromatic nitrogens is 3. The van der Waals surface area contributed by atoms with Gasteiger partial charge in [-0.25, -0.2) is 4.98 Å². The number of carbonyl (C=O) groups excluding carboxylic acids is 1. The van der Waals surface area contributed by atoms with Crippen LogP contribution in [0.25, 0.3) is 5.65 Å². The minimum atomic E-state index is -0.114. The number of fused-ring (bicyclic) bond motifs is 1. The molecule has 1 amide bonds. The van der Waals surface area contributed by atoms with Crippen LogP contribution in [-0.4, -0.2) is 65.7 Å². The summed E-state index contributed by atoms with van der Waals surface area (Å²) in [6.45, 7) is 7.54. The van der Waals surface area contributed by atoms with Gasteiger partial charge in [0.05, 0.1) is 17.4 Å². The molecule has 0 bridgehead atoms. The van der Waals surface area contributed by atoms with Crippen molar-refractivity contribution in [2.24, 2.45) is 10.2 Å². The van der Waals surface area contributed by atoms with Crippen LogP contribution in [0.5, 0.6) is 0 Å². The molecule has 0 spiro atoms. The summed E-state index contributed by atoms with van der Waals surface area (Å²) >= 11 is 6.32. The number of amides is 1. The Hall–Kier alpha value is -3.46. The summed E-state index contributed by atoms with van der Waals surface area (Å²) in [5.41, 5.74) is 4.34. The fraction of sp³-hybridized carbons (Fsp3) is 0.500. The number of carbonyl (C=O) groups is 1. The lowest BCUT2D eigenvalue weighted by Gasteiger charge is -2.35. The summed E-state index contributed by atoms with van der Waals surface area (Å²) in [6.07, 6.45) is 7.62. The van der Waals surface area contributed by atoms with E-state index in [-0.39, 0.29) is 11.9 Å². The number of rotatable bonds is 9. The van der Waals surface area contributed by atoms with Crippen molar-refractivity contribution in [1.29, 1.82) is 0 Å². The van der Waals surface area contributed by atoms with Gasteiger partial charge in [0, 0.05) is 69.4 Å². The van der Waals surface area contributed by atoms with E-state index in [1.54, 1.807) is 7.05 Å². The van der Waals surface area contributed by atoms with Crippen LogP contribution in [0.4, 0.5) is 11.6 Å². The molecule has 5 rings (SSSR count). The third-order valence-electron chi connectivity index (χ3n) is 8.04. The van der Waals surface area contributed by atoms with E-state index in [1.807, 2.05) is 40.6 Å². The summed E-state index contributed by atoms with van der Waals surface area (Å²) in [4.78, 5) is 25.4. The maximum Gasteiger partial charge on any atom is 0.254 e. The predicted octanol–water partition coefficient (Wildman–Crippen LogP) is 6.33. The van der Waals surface area contributed by atoms with Crippen molar-refractivity contribution in [2.45, 2.75) is 58.4 Å². The van der Waals surface area contributed by atoms with Gasteiger partial charge in [-0.2, -0.15) is 19.8 Å². The smallest absolute Gasteiger partial charge is 0.254 e. The minimum absolute atomic E-state index is 0.0247. The van der Waals surface area contributed by atoms with Gasteiger partial charge in [-0.3, -0.25) is 4.79 Å². The number of hydrogen-bond acceptors (Lipinski definition) is 7. The highest BCUT2D eigenvalue weighted by molar-refractivity contribution is 6.31. The number of likely N-dealkylation sites (tertiary alicyclic amines) is 1. The Balaban J connectivity index is 1.50. The van der Waals surface area contributed by atoms with Crippen LogP contribution in [0.2, 0.25) is 5.02 Å². The summed E-state index contributed by atoms with van der Waals surface area (Å²) in [5, 5.41) is 13.9. The molecule has 0 aliphatic carbocycles. The van der Waals surface area contributed by atoms with Crippen molar-refractivity contribution in [3.05, 3.63) is 63.9 Å². The monoisotopic (exact) mass is 562 g/mol. The first-order valence-electron chi connectivity index (χ1n) is 14.3. The molecule has 10 heteroatoms. The predicted molar refractivity (Wildman–Crippen MR) is 161 cm³/mol. The number of aryl methyl sites for hydroxylation is 1. The van der Waals surface area contributed by atoms with E-state index in [2.05, 4.69) is 46.1 Å². The van der Waals surface area contributed by atoms with Crippen LogP contribution < -0.4 is 9.80 Å². The highest BCUT2D eigenvalue weighted by Crippen LogP contribution is 2.34. The number of hydrogen-bond donors (Lipinski definition) is 0. The average Bonchev–Trinajstić information content (AvgIpc) is 3.37. The van der Waals surface area contributed by atoms with Crippen molar-refractivity contribution >= 4 is 34.8 Å². The van der Waals surface area contributed by atoms with Gasteiger partial charge >= 0.3 is 0 Å². The van der Waals surface area contributed by atoms with Gasteiger partial charge in [0.15, 0.2) is 5.65 Å². The minimum Gasteiger partial charge on any atom is -0.359 e. The maximum absolute atomic E-state index is 13.9. The van der Waals surface area contributed by atoms with Gasteiger partial charge in [0.25, 0.3) is 5.91 Å². The van der Waals surface area contributed by atoms with Gasteiger partial charge in [-0.15, -0.1) is 0 Å². The Bertz CT molecular complexity index is 1430. The van der Waals surface area contributed by atoms with E-state index in [0.29, 0.717) is 17.1 Å². The molecule has 1 atom stereocenters. The Morgan fingerprint density at radius 1 is 1.18 bits per heavy atom. The first-order valence-corrected chi connectivity index (χ1v) is 14.7. The molecular formula is C30H39ClN8O. The van der Waals surface area contributed by atoms with Gasteiger partial charge in [-0.05, 0) is 56.7 Å². The average molecular weight is 563 g/mol.